The fourth-order valence-corrected chi connectivity index (χ4v) is 3.69. The number of fused-ring (bicyclic) bond motifs is 3. The second-order valence-corrected chi connectivity index (χ2v) is 6.44. The lowest BCUT2D eigenvalue weighted by Gasteiger charge is -2.47. The van der Waals surface area contributed by atoms with E-state index in [4.69, 9.17) is 6.58 Å². The Morgan fingerprint density at radius 1 is 1.11 bits per heavy atom. The minimum atomic E-state index is -0.804. The Labute approximate surface area is 174 Å². The molecule has 3 aliphatic rings. The van der Waals surface area contributed by atoms with Crippen LogP contribution in [0.25, 0.3) is 0 Å². The van der Waals surface area contributed by atoms with Crippen molar-refractivity contribution in [3.63, 3.8) is 0 Å². The summed E-state index contributed by atoms with van der Waals surface area (Å²) in [7, 11) is 0. The highest BCUT2D eigenvalue weighted by Gasteiger charge is 2.35. The van der Waals surface area contributed by atoms with Gasteiger partial charge in [-0.25, -0.2) is 0 Å². The van der Waals surface area contributed by atoms with E-state index in [1.807, 2.05) is 33.8 Å². The first-order valence-corrected chi connectivity index (χ1v) is 10.6. The number of allylic oxidation sites excluding steroid dienone is 5. The number of carboxylic acid groups (broad SMARTS) is 1. The smallest absolute Gasteiger partial charge is 0.307 e. The highest BCUT2D eigenvalue weighted by Crippen LogP contribution is 2.38. The Bertz CT molecular complexity index is 499. The molecule has 0 aromatic rings. The number of carbonyl (C=O) groups is 1. The van der Waals surface area contributed by atoms with Gasteiger partial charge < -0.3 is 10.0 Å². The van der Waals surface area contributed by atoms with Crippen molar-refractivity contribution in [3.05, 3.63) is 62.4 Å². The zero-order valence-corrected chi connectivity index (χ0v) is 18.6. The van der Waals surface area contributed by atoms with Crippen LogP contribution in [0.4, 0.5) is 0 Å². The Hall–Kier alpha value is -2.03. The lowest BCUT2D eigenvalue weighted by molar-refractivity contribution is -0.141. The number of piperidine rings is 2. The van der Waals surface area contributed by atoms with Gasteiger partial charge in [0.25, 0.3) is 0 Å². The molecule has 3 nitrogen and oxygen atoms in total. The van der Waals surface area contributed by atoms with Crippen molar-refractivity contribution in [1.82, 2.24) is 4.90 Å². The maximum atomic E-state index is 11.6. The highest BCUT2D eigenvalue weighted by atomic mass is 16.4. The molecule has 0 amide bonds. The van der Waals surface area contributed by atoms with Gasteiger partial charge in [-0.05, 0) is 50.2 Å². The molecule has 2 heterocycles. The molecule has 1 saturated carbocycles. The van der Waals surface area contributed by atoms with E-state index in [-0.39, 0.29) is 0 Å². The monoisotopic (exact) mass is 388 g/mol. The fraction of sp³-hybridized carbons (Fsp3) is 0.560. The average molecular weight is 389 g/mol. The summed E-state index contributed by atoms with van der Waals surface area (Å²) in [6, 6.07) is 0.516. The van der Waals surface area contributed by atoms with Gasteiger partial charge in [-0.2, -0.15) is 0 Å². The van der Waals surface area contributed by atoms with Crippen molar-refractivity contribution in [2.24, 2.45) is 11.8 Å². The summed E-state index contributed by atoms with van der Waals surface area (Å²) < 4.78 is 0. The van der Waals surface area contributed by atoms with Crippen molar-refractivity contribution in [2.75, 3.05) is 6.54 Å². The molecule has 1 N–H and O–H groups in total. The Morgan fingerprint density at radius 3 is 2.00 bits per heavy atom. The van der Waals surface area contributed by atoms with E-state index >= 15 is 0 Å². The molecule has 1 aliphatic carbocycles. The Balaban J connectivity index is 0. The van der Waals surface area contributed by atoms with Gasteiger partial charge >= 0.3 is 5.97 Å². The van der Waals surface area contributed by atoms with E-state index in [0.717, 1.165) is 23.7 Å². The number of carboxylic acids is 1. The molecule has 2 saturated heterocycles. The third-order valence-electron chi connectivity index (χ3n) is 4.96. The van der Waals surface area contributed by atoms with Crippen LogP contribution in [0.2, 0.25) is 0 Å². The van der Waals surface area contributed by atoms with E-state index in [0.29, 0.717) is 18.9 Å². The van der Waals surface area contributed by atoms with Crippen LogP contribution in [0, 0.1) is 18.4 Å². The number of nitrogens with zero attached hydrogens (tertiary/aromatic N) is 1. The lowest BCUT2D eigenvalue weighted by Crippen LogP contribution is -2.47. The number of hydrogen-bond donors (Lipinski definition) is 1. The van der Waals surface area contributed by atoms with Crippen LogP contribution in [0.3, 0.4) is 0 Å². The highest BCUT2D eigenvalue weighted by molar-refractivity contribution is 5.71. The van der Waals surface area contributed by atoms with E-state index in [1.54, 1.807) is 12.2 Å². The lowest BCUT2D eigenvalue weighted by atomic mass is 9.79. The summed E-state index contributed by atoms with van der Waals surface area (Å²) >= 11 is 0. The first-order valence-electron chi connectivity index (χ1n) is 10.6. The summed E-state index contributed by atoms with van der Waals surface area (Å²) in [6.07, 6.45) is 11.0. The van der Waals surface area contributed by atoms with Gasteiger partial charge in [0.05, 0.1) is 5.92 Å². The average Bonchev–Trinajstić information content (AvgIpc) is 2.77. The Morgan fingerprint density at radius 2 is 1.64 bits per heavy atom. The number of rotatable bonds is 8. The molecular weight excluding hydrogens is 346 g/mol. The maximum absolute atomic E-state index is 11.6. The third-order valence-corrected chi connectivity index (χ3v) is 4.96. The van der Waals surface area contributed by atoms with Gasteiger partial charge in [0.2, 0.25) is 0 Å². The molecule has 1 radical (unpaired) electrons. The molecule has 159 valence electrons. The van der Waals surface area contributed by atoms with Crippen molar-refractivity contribution < 1.29 is 9.90 Å². The van der Waals surface area contributed by atoms with Gasteiger partial charge in [-0.1, -0.05) is 59.1 Å². The van der Waals surface area contributed by atoms with E-state index in [2.05, 4.69) is 31.2 Å². The third kappa shape index (κ3) is 9.25. The largest absolute Gasteiger partial charge is 0.481 e. The predicted molar refractivity (Wildman–Crippen MR) is 123 cm³/mol. The predicted octanol–water partition coefficient (Wildman–Crippen LogP) is 6.81. The van der Waals surface area contributed by atoms with Gasteiger partial charge in [0.1, 0.15) is 0 Å². The van der Waals surface area contributed by atoms with Crippen LogP contribution in [0.1, 0.15) is 66.2 Å². The maximum Gasteiger partial charge on any atom is 0.307 e. The molecule has 2 bridgehead atoms. The molecule has 3 fully saturated rings. The van der Waals surface area contributed by atoms with E-state index < -0.39 is 11.9 Å². The first-order chi connectivity index (χ1) is 13.5. The second-order valence-electron chi connectivity index (χ2n) is 6.44. The van der Waals surface area contributed by atoms with Crippen molar-refractivity contribution >= 4 is 5.97 Å². The van der Waals surface area contributed by atoms with E-state index in [1.165, 1.54) is 25.7 Å². The zero-order valence-electron chi connectivity index (χ0n) is 18.6. The number of hydrogen-bond acceptors (Lipinski definition) is 2. The van der Waals surface area contributed by atoms with Gasteiger partial charge in [0, 0.05) is 24.7 Å². The topological polar surface area (TPSA) is 40.5 Å². The van der Waals surface area contributed by atoms with Gasteiger partial charge in [-0.15, -0.1) is 13.2 Å². The van der Waals surface area contributed by atoms with Crippen molar-refractivity contribution in [1.29, 1.82) is 0 Å². The zero-order chi connectivity index (χ0) is 22.1. The van der Waals surface area contributed by atoms with Crippen molar-refractivity contribution in [2.45, 2.75) is 72.3 Å². The molecule has 0 unspecified atom stereocenters. The molecule has 1 atom stereocenters. The molecule has 28 heavy (non-hydrogen) atoms. The normalized spacial score (nSPS) is 20.7. The summed E-state index contributed by atoms with van der Waals surface area (Å²) in [6.45, 7) is 28.7. The quantitative estimate of drug-likeness (QED) is 0.367. The Kier molecular flexibility index (Phi) is 17.2. The standard InChI is InChI=1S/C19H26NO2.2C2H6.C2H4/c1-4-6-15(5-2)12-17(19(21)22)11-14(3)20-13-16-7-9-18(20)10-8-16;3*1-2/h3-6,16-18H,1-2,7-13H2,(H,21,22);2*1-2H3;1-2H2/b14-3?,15-6+;;;/t16?,17-,18?;;;/m0.../s1. The van der Waals surface area contributed by atoms with Crippen LogP contribution < -0.4 is 0 Å². The first kappa shape index (κ1) is 28.2. The molecule has 0 aromatic carbocycles. The molecule has 3 rings (SSSR count). The summed E-state index contributed by atoms with van der Waals surface area (Å²) in [5.74, 6) is -0.581. The molecular formula is C25H42NO2. The molecule has 3 heteroatoms. The van der Waals surface area contributed by atoms with Crippen LogP contribution in [-0.4, -0.2) is 28.6 Å². The SMILES string of the molecule is C=C.CC.CC.[CH]=C(C[C@@H](C/C(C=C)=C/C=C)C(=O)O)N1CC2CCC1CC2. The van der Waals surface area contributed by atoms with E-state index in [9.17, 15) is 9.90 Å². The molecule has 0 aromatic heterocycles. The molecule has 0 spiro atoms. The minimum Gasteiger partial charge on any atom is -0.481 e. The fourth-order valence-electron chi connectivity index (χ4n) is 3.69. The van der Waals surface area contributed by atoms with Crippen molar-refractivity contribution in [3.8, 4) is 0 Å². The van der Waals surface area contributed by atoms with Crippen LogP contribution in [0.5, 0.6) is 0 Å². The van der Waals surface area contributed by atoms with Crippen LogP contribution >= 0.6 is 0 Å². The second kappa shape index (κ2) is 17.1. The van der Waals surface area contributed by atoms with Gasteiger partial charge in [0.15, 0.2) is 0 Å². The summed E-state index contributed by atoms with van der Waals surface area (Å²) in [4.78, 5) is 13.8. The minimum absolute atomic E-state index is 0.404. The summed E-state index contributed by atoms with van der Waals surface area (Å²) in [5, 5.41) is 9.49. The summed E-state index contributed by atoms with van der Waals surface area (Å²) in [5.41, 5.74) is 1.62. The van der Waals surface area contributed by atoms with Crippen LogP contribution in [-0.2, 0) is 4.79 Å². The molecule has 2 aliphatic heterocycles. The van der Waals surface area contributed by atoms with Crippen LogP contribution in [0.15, 0.2) is 55.8 Å². The van der Waals surface area contributed by atoms with Gasteiger partial charge in [-0.3, -0.25) is 4.79 Å². The number of aliphatic carboxylic acids is 1.